The van der Waals surface area contributed by atoms with Crippen molar-refractivity contribution in [3.63, 3.8) is 0 Å². The highest BCUT2D eigenvalue weighted by Crippen LogP contribution is 2.16. The van der Waals surface area contributed by atoms with Crippen LogP contribution in [-0.2, 0) is 16.3 Å². The molecule has 1 unspecified atom stereocenters. The molecule has 0 radical (unpaired) electrons. The molecule has 1 heterocycles. The molecule has 1 aliphatic rings. The molecule has 0 aliphatic carbocycles. The normalized spacial score (nSPS) is 19.3. The molecule has 1 saturated heterocycles. The van der Waals surface area contributed by atoms with E-state index in [1.54, 1.807) is 7.05 Å². The molecule has 0 bridgehead atoms. The molecule has 1 N–H and O–H groups in total. The molecule has 128 valence electrons. The van der Waals surface area contributed by atoms with E-state index in [1.807, 2.05) is 24.3 Å². The highest BCUT2D eigenvalue weighted by Gasteiger charge is 2.32. The SMILES string of the molecule is CCc1cccc(OCCNC(=O)N(C)C2CCS(=O)(=O)C2)c1. The zero-order valence-electron chi connectivity index (χ0n) is 13.6. The quantitative estimate of drug-likeness (QED) is 0.796. The van der Waals surface area contributed by atoms with Gasteiger partial charge in [0, 0.05) is 13.1 Å². The van der Waals surface area contributed by atoms with Crippen LogP contribution in [0.4, 0.5) is 4.79 Å². The monoisotopic (exact) mass is 340 g/mol. The van der Waals surface area contributed by atoms with Crippen molar-refractivity contribution in [1.29, 1.82) is 0 Å². The maximum Gasteiger partial charge on any atom is 0.317 e. The molecule has 0 saturated carbocycles. The van der Waals surface area contributed by atoms with Crippen molar-refractivity contribution in [2.75, 3.05) is 31.7 Å². The summed E-state index contributed by atoms with van der Waals surface area (Å²) in [6, 6.07) is 7.36. The molecule has 6 nitrogen and oxygen atoms in total. The van der Waals surface area contributed by atoms with Gasteiger partial charge in [-0.05, 0) is 30.5 Å². The highest BCUT2D eigenvalue weighted by atomic mass is 32.2. The van der Waals surface area contributed by atoms with Gasteiger partial charge in [0.2, 0.25) is 0 Å². The third kappa shape index (κ3) is 5.13. The van der Waals surface area contributed by atoms with Crippen LogP contribution >= 0.6 is 0 Å². The average Bonchev–Trinajstić information content (AvgIpc) is 2.90. The zero-order valence-corrected chi connectivity index (χ0v) is 14.4. The van der Waals surface area contributed by atoms with Crippen molar-refractivity contribution in [3.05, 3.63) is 29.8 Å². The van der Waals surface area contributed by atoms with Crippen molar-refractivity contribution in [3.8, 4) is 5.75 Å². The van der Waals surface area contributed by atoms with Gasteiger partial charge in [-0.1, -0.05) is 19.1 Å². The van der Waals surface area contributed by atoms with E-state index in [2.05, 4.69) is 12.2 Å². The van der Waals surface area contributed by atoms with Gasteiger partial charge in [0.1, 0.15) is 12.4 Å². The number of hydrogen-bond acceptors (Lipinski definition) is 4. The van der Waals surface area contributed by atoms with E-state index < -0.39 is 9.84 Å². The molecule has 1 fully saturated rings. The number of benzene rings is 1. The van der Waals surface area contributed by atoms with Crippen LogP contribution in [0.2, 0.25) is 0 Å². The van der Waals surface area contributed by atoms with Gasteiger partial charge in [-0.3, -0.25) is 0 Å². The van der Waals surface area contributed by atoms with Crippen molar-refractivity contribution < 1.29 is 17.9 Å². The maximum absolute atomic E-state index is 12.0. The van der Waals surface area contributed by atoms with Crippen LogP contribution in [0.1, 0.15) is 18.9 Å². The van der Waals surface area contributed by atoms with Gasteiger partial charge in [-0.25, -0.2) is 13.2 Å². The Hall–Kier alpha value is -1.76. The van der Waals surface area contributed by atoms with Gasteiger partial charge in [-0.15, -0.1) is 0 Å². The number of hydrogen-bond donors (Lipinski definition) is 1. The smallest absolute Gasteiger partial charge is 0.317 e. The number of rotatable bonds is 6. The van der Waals surface area contributed by atoms with Crippen LogP contribution in [-0.4, -0.2) is 57.1 Å². The lowest BCUT2D eigenvalue weighted by Crippen LogP contribution is -2.45. The van der Waals surface area contributed by atoms with Crippen LogP contribution in [0.3, 0.4) is 0 Å². The van der Waals surface area contributed by atoms with E-state index in [1.165, 1.54) is 10.5 Å². The minimum absolute atomic E-state index is 0.0528. The average molecular weight is 340 g/mol. The second kappa shape index (κ2) is 7.68. The molecule has 7 heteroatoms. The van der Waals surface area contributed by atoms with Crippen molar-refractivity contribution in [2.24, 2.45) is 0 Å². The largest absolute Gasteiger partial charge is 0.492 e. The number of ether oxygens (including phenoxy) is 1. The van der Waals surface area contributed by atoms with Crippen LogP contribution in [0.15, 0.2) is 24.3 Å². The fourth-order valence-electron chi connectivity index (χ4n) is 2.55. The Labute approximate surface area is 137 Å². The maximum atomic E-state index is 12.0. The van der Waals surface area contributed by atoms with Gasteiger partial charge >= 0.3 is 6.03 Å². The molecule has 1 aliphatic heterocycles. The summed E-state index contributed by atoms with van der Waals surface area (Å²) in [6.07, 6.45) is 1.45. The molecule has 1 aromatic carbocycles. The molecule has 0 aromatic heterocycles. The molecular formula is C16H24N2O4S. The molecule has 2 amide bonds. The predicted octanol–water partition coefficient (Wildman–Crippen LogP) is 1.46. The van der Waals surface area contributed by atoms with E-state index in [0.717, 1.165) is 12.2 Å². The second-order valence-corrected chi connectivity index (χ2v) is 7.98. The summed E-state index contributed by atoms with van der Waals surface area (Å²) in [7, 11) is -1.36. The first-order valence-electron chi connectivity index (χ1n) is 7.84. The Bertz CT molecular complexity index is 645. The Morgan fingerprint density at radius 1 is 1.43 bits per heavy atom. The Morgan fingerprint density at radius 3 is 2.87 bits per heavy atom. The lowest BCUT2D eigenvalue weighted by atomic mass is 10.2. The Morgan fingerprint density at radius 2 is 2.22 bits per heavy atom. The van der Waals surface area contributed by atoms with Gasteiger partial charge in [-0.2, -0.15) is 0 Å². The standard InChI is InChI=1S/C16H24N2O4S/c1-3-13-5-4-6-15(11-13)22-9-8-17-16(19)18(2)14-7-10-23(20,21)12-14/h4-6,11,14H,3,7-10,12H2,1-2H3,(H,17,19). The fraction of sp³-hybridized carbons (Fsp3) is 0.562. The summed E-state index contributed by atoms with van der Waals surface area (Å²) < 4.78 is 28.5. The topological polar surface area (TPSA) is 75.7 Å². The first kappa shape index (κ1) is 17.6. The number of urea groups is 1. The van der Waals surface area contributed by atoms with Gasteiger partial charge in [0.25, 0.3) is 0 Å². The number of nitrogens with zero attached hydrogens (tertiary/aromatic N) is 1. The summed E-state index contributed by atoms with van der Waals surface area (Å²) in [5, 5.41) is 2.75. The van der Waals surface area contributed by atoms with Crippen LogP contribution in [0, 0.1) is 0 Å². The summed E-state index contributed by atoms with van der Waals surface area (Å²) >= 11 is 0. The lowest BCUT2D eigenvalue weighted by molar-refractivity contribution is 0.192. The molecule has 1 atom stereocenters. The minimum atomic E-state index is -2.99. The zero-order chi connectivity index (χ0) is 16.9. The first-order chi connectivity index (χ1) is 10.9. The minimum Gasteiger partial charge on any atom is -0.492 e. The Kier molecular flexibility index (Phi) is 5.87. The van der Waals surface area contributed by atoms with E-state index >= 15 is 0 Å². The molecular weight excluding hydrogens is 316 g/mol. The summed E-state index contributed by atoms with van der Waals surface area (Å²) in [6.45, 7) is 2.83. The number of aryl methyl sites for hydroxylation is 1. The number of sulfone groups is 1. The van der Waals surface area contributed by atoms with Crippen LogP contribution in [0.25, 0.3) is 0 Å². The highest BCUT2D eigenvalue weighted by molar-refractivity contribution is 7.91. The molecule has 1 aromatic rings. The molecule has 23 heavy (non-hydrogen) atoms. The summed E-state index contributed by atoms with van der Waals surface area (Å²) in [5.41, 5.74) is 1.20. The van der Waals surface area contributed by atoms with Crippen molar-refractivity contribution >= 4 is 15.9 Å². The number of carbonyl (C=O) groups excluding carboxylic acids is 1. The Balaban J connectivity index is 1.72. The van der Waals surface area contributed by atoms with E-state index in [9.17, 15) is 13.2 Å². The van der Waals surface area contributed by atoms with E-state index in [4.69, 9.17) is 4.74 Å². The van der Waals surface area contributed by atoms with Gasteiger partial charge in [0.05, 0.1) is 18.1 Å². The van der Waals surface area contributed by atoms with E-state index in [0.29, 0.717) is 19.6 Å². The van der Waals surface area contributed by atoms with Crippen LogP contribution in [0.5, 0.6) is 5.75 Å². The fourth-order valence-corrected chi connectivity index (χ4v) is 4.33. The number of amides is 2. The summed E-state index contributed by atoms with van der Waals surface area (Å²) in [5.74, 6) is 0.998. The van der Waals surface area contributed by atoms with Crippen molar-refractivity contribution in [2.45, 2.75) is 25.8 Å². The number of carbonyl (C=O) groups is 1. The third-order valence-electron chi connectivity index (χ3n) is 4.03. The van der Waals surface area contributed by atoms with Gasteiger partial charge < -0.3 is 15.0 Å². The van der Waals surface area contributed by atoms with Gasteiger partial charge in [0.15, 0.2) is 9.84 Å². The predicted molar refractivity (Wildman–Crippen MR) is 89.5 cm³/mol. The number of nitrogens with one attached hydrogen (secondary N) is 1. The molecule has 0 spiro atoms. The van der Waals surface area contributed by atoms with Crippen LogP contribution < -0.4 is 10.1 Å². The van der Waals surface area contributed by atoms with E-state index in [-0.39, 0.29) is 23.6 Å². The third-order valence-corrected chi connectivity index (χ3v) is 5.78. The van der Waals surface area contributed by atoms with Crippen molar-refractivity contribution in [1.82, 2.24) is 10.2 Å². The molecule has 2 rings (SSSR count). The second-order valence-electron chi connectivity index (χ2n) is 5.75. The lowest BCUT2D eigenvalue weighted by Gasteiger charge is -2.23. The summed E-state index contributed by atoms with van der Waals surface area (Å²) in [4.78, 5) is 13.5. The first-order valence-corrected chi connectivity index (χ1v) is 9.66.